The second-order valence-electron chi connectivity index (χ2n) is 6.53. The fourth-order valence-corrected chi connectivity index (χ4v) is 3.23. The van der Waals surface area contributed by atoms with Gasteiger partial charge >= 0.3 is 6.03 Å². The molecule has 3 N–H and O–H groups in total. The lowest BCUT2D eigenvalue weighted by Gasteiger charge is -2.38. The molecule has 2 atom stereocenters. The summed E-state index contributed by atoms with van der Waals surface area (Å²) in [5.41, 5.74) is 1.31. The molecule has 1 saturated carbocycles. The number of urea groups is 1. The van der Waals surface area contributed by atoms with E-state index in [-0.39, 0.29) is 17.6 Å². The molecular weight excluding hydrogens is 252 g/mol. The van der Waals surface area contributed by atoms with E-state index in [1.54, 1.807) is 0 Å². The number of amides is 2. The quantitative estimate of drug-likeness (QED) is 0.678. The van der Waals surface area contributed by atoms with Gasteiger partial charge in [-0.3, -0.25) is 0 Å². The number of carbonyl (C=O) groups is 1. The van der Waals surface area contributed by atoms with Gasteiger partial charge in [0.15, 0.2) is 0 Å². The van der Waals surface area contributed by atoms with Crippen molar-refractivity contribution in [2.24, 2.45) is 5.41 Å². The third-order valence-electron chi connectivity index (χ3n) is 4.80. The molecule has 114 valence electrons. The molecule has 2 amide bonds. The van der Waals surface area contributed by atoms with Gasteiger partial charge in [0.25, 0.3) is 0 Å². The van der Waals surface area contributed by atoms with Gasteiger partial charge in [-0.15, -0.1) is 0 Å². The van der Waals surface area contributed by atoms with Crippen molar-refractivity contribution in [3.63, 3.8) is 0 Å². The highest BCUT2D eigenvalue weighted by Crippen LogP contribution is 2.35. The summed E-state index contributed by atoms with van der Waals surface area (Å²) in [7, 11) is 0. The van der Waals surface area contributed by atoms with Crippen molar-refractivity contribution in [2.75, 3.05) is 13.1 Å². The van der Waals surface area contributed by atoms with Crippen LogP contribution in [0.5, 0.6) is 0 Å². The number of aliphatic hydroxyl groups is 1. The molecule has 0 saturated heterocycles. The molecule has 2 aliphatic carbocycles. The molecule has 0 aromatic rings. The first-order chi connectivity index (χ1) is 9.60. The molecule has 2 rings (SSSR count). The highest BCUT2D eigenvalue weighted by molar-refractivity contribution is 5.73. The second kappa shape index (κ2) is 7.11. The zero-order valence-electron chi connectivity index (χ0n) is 12.6. The molecular formula is C16H28N2O2. The van der Waals surface area contributed by atoms with Crippen LogP contribution in [0.3, 0.4) is 0 Å². The van der Waals surface area contributed by atoms with Crippen LogP contribution in [-0.4, -0.2) is 30.3 Å². The summed E-state index contributed by atoms with van der Waals surface area (Å²) in [6.07, 6.45) is 10.7. The predicted octanol–water partition coefficient (Wildman–Crippen LogP) is 2.73. The number of rotatable bonds is 5. The predicted molar refractivity (Wildman–Crippen MR) is 80.5 cm³/mol. The van der Waals surface area contributed by atoms with Crippen LogP contribution in [0.15, 0.2) is 11.6 Å². The fourth-order valence-electron chi connectivity index (χ4n) is 3.23. The van der Waals surface area contributed by atoms with E-state index in [0.29, 0.717) is 13.1 Å². The number of allylic oxidation sites excluding steroid dienone is 1. The van der Waals surface area contributed by atoms with Crippen LogP contribution in [0.4, 0.5) is 4.79 Å². The van der Waals surface area contributed by atoms with Crippen LogP contribution in [0.2, 0.25) is 0 Å². The summed E-state index contributed by atoms with van der Waals surface area (Å²) in [4.78, 5) is 11.8. The summed E-state index contributed by atoms with van der Waals surface area (Å²) in [5, 5.41) is 15.9. The molecule has 0 spiro atoms. The van der Waals surface area contributed by atoms with Gasteiger partial charge in [0.05, 0.1) is 6.10 Å². The van der Waals surface area contributed by atoms with Gasteiger partial charge < -0.3 is 15.7 Å². The van der Waals surface area contributed by atoms with E-state index in [4.69, 9.17) is 0 Å². The molecule has 0 heterocycles. The lowest BCUT2D eigenvalue weighted by atomic mass is 9.73. The van der Waals surface area contributed by atoms with E-state index >= 15 is 0 Å². The van der Waals surface area contributed by atoms with E-state index in [9.17, 15) is 9.90 Å². The molecule has 2 aliphatic rings. The van der Waals surface area contributed by atoms with Gasteiger partial charge in [-0.25, -0.2) is 4.79 Å². The smallest absolute Gasteiger partial charge is 0.314 e. The first-order valence-corrected chi connectivity index (χ1v) is 7.98. The minimum Gasteiger partial charge on any atom is -0.392 e. The zero-order valence-corrected chi connectivity index (χ0v) is 12.6. The van der Waals surface area contributed by atoms with E-state index in [2.05, 4.69) is 23.6 Å². The van der Waals surface area contributed by atoms with Gasteiger partial charge in [-0.05, 0) is 38.5 Å². The number of carbonyl (C=O) groups excluding carboxylic acids is 1. The minimum atomic E-state index is -0.291. The average Bonchev–Trinajstić information content (AvgIpc) is 2.93. The van der Waals surface area contributed by atoms with Crippen LogP contribution in [0.25, 0.3) is 0 Å². The Morgan fingerprint density at radius 3 is 2.95 bits per heavy atom. The standard InChI is InChI=1S/C16H28N2O2/c1-16(10-5-4-8-14(16)19)12-18-15(20)17-11-9-13-6-2-3-7-13/h6,14,19H,2-5,7-12H2,1H3,(H2,17,18,20). The third kappa shape index (κ3) is 4.23. The Bertz CT molecular complexity index is 367. The van der Waals surface area contributed by atoms with Crippen LogP contribution >= 0.6 is 0 Å². The van der Waals surface area contributed by atoms with Crippen molar-refractivity contribution < 1.29 is 9.90 Å². The molecule has 0 radical (unpaired) electrons. The van der Waals surface area contributed by atoms with Gasteiger partial charge in [0.2, 0.25) is 0 Å². The van der Waals surface area contributed by atoms with Gasteiger partial charge in [-0.1, -0.05) is 31.4 Å². The van der Waals surface area contributed by atoms with Gasteiger partial charge in [0, 0.05) is 18.5 Å². The SMILES string of the molecule is CC1(CNC(=O)NCCC2=CCCC2)CCCCC1O. The Balaban J connectivity index is 1.64. The zero-order chi connectivity index (χ0) is 14.4. The van der Waals surface area contributed by atoms with Crippen LogP contribution < -0.4 is 10.6 Å². The molecule has 0 aromatic carbocycles. The maximum Gasteiger partial charge on any atom is 0.314 e. The van der Waals surface area contributed by atoms with Crippen LogP contribution in [0, 0.1) is 5.41 Å². The van der Waals surface area contributed by atoms with Crippen molar-refractivity contribution >= 4 is 6.03 Å². The van der Waals surface area contributed by atoms with Gasteiger partial charge in [-0.2, -0.15) is 0 Å². The average molecular weight is 280 g/mol. The highest BCUT2D eigenvalue weighted by Gasteiger charge is 2.35. The number of hydrogen-bond acceptors (Lipinski definition) is 2. The Morgan fingerprint density at radius 1 is 1.40 bits per heavy atom. The first kappa shape index (κ1) is 15.4. The summed E-state index contributed by atoms with van der Waals surface area (Å²) in [6.45, 7) is 3.33. The molecule has 0 bridgehead atoms. The summed E-state index contributed by atoms with van der Waals surface area (Å²) >= 11 is 0. The lowest BCUT2D eigenvalue weighted by Crippen LogP contribution is -2.47. The summed E-state index contributed by atoms with van der Waals surface area (Å²) < 4.78 is 0. The molecule has 0 aliphatic heterocycles. The monoisotopic (exact) mass is 280 g/mol. The Kier molecular flexibility index (Phi) is 5.46. The molecule has 1 fully saturated rings. The second-order valence-corrected chi connectivity index (χ2v) is 6.53. The van der Waals surface area contributed by atoms with Crippen LogP contribution in [-0.2, 0) is 0 Å². The third-order valence-corrected chi connectivity index (χ3v) is 4.80. The topological polar surface area (TPSA) is 61.4 Å². The van der Waals surface area contributed by atoms with Crippen molar-refractivity contribution in [1.29, 1.82) is 0 Å². The van der Waals surface area contributed by atoms with Crippen molar-refractivity contribution in [3.8, 4) is 0 Å². The van der Waals surface area contributed by atoms with Crippen molar-refractivity contribution in [3.05, 3.63) is 11.6 Å². The van der Waals surface area contributed by atoms with E-state index in [1.807, 2.05) is 0 Å². The highest BCUT2D eigenvalue weighted by atomic mass is 16.3. The Morgan fingerprint density at radius 2 is 2.25 bits per heavy atom. The van der Waals surface area contributed by atoms with E-state index in [1.165, 1.54) is 24.8 Å². The molecule has 2 unspecified atom stereocenters. The fraction of sp³-hybridized carbons (Fsp3) is 0.812. The van der Waals surface area contributed by atoms with Crippen molar-refractivity contribution in [1.82, 2.24) is 10.6 Å². The summed E-state index contributed by atoms with van der Waals surface area (Å²) in [6, 6.07) is -0.109. The minimum absolute atomic E-state index is 0.109. The maximum absolute atomic E-state index is 11.8. The molecule has 4 heteroatoms. The normalized spacial score (nSPS) is 29.9. The number of nitrogens with one attached hydrogen (secondary N) is 2. The van der Waals surface area contributed by atoms with Gasteiger partial charge in [0.1, 0.15) is 0 Å². The Labute approximate surface area is 122 Å². The molecule has 4 nitrogen and oxygen atoms in total. The maximum atomic E-state index is 11.8. The summed E-state index contributed by atoms with van der Waals surface area (Å²) in [5.74, 6) is 0. The van der Waals surface area contributed by atoms with Crippen molar-refractivity contribution in [2.45, 2.75) is 64.4 Å². The number of aliphatic hydroxyl groups excluding tert-OH is 1. The molecule has 20 heavy (non-hydrogen) atoms. The molecule has 0 aromatic heterocycles. The lowest BCUT2D eigenvalue weighted by molar-refractivity contribution is 0.00310. The van der Waals surface area contributed by atoms with E-state index in [0.717, 1.165) is 32.1 Å². The Hall–Kier alpha value is -1.03. The first-order valence-electron chi connectivity index (χ1n) is 7.98. The van der Waals surface area contributed by atoms with E-state index < -0.39 is 0 Å². The largest absolute Gasteiger partial charge is 0.392 e. The number of hydrogen-bond donors (Lipinski definition) is 3. The van der Waals surface area contributed by atoms with Crippen LogP contribution in [0.1, 0.15) is 58.3 Å².